The standard InChI is InChI=1S/C47H38N2O/c1-3-33(2)37-28-31-45-46(32-37)50-47(48-45)36-24-22-34(23-25-36)41-18-10-12-20-43(41)44-21-13-11-19-42(44)35-26-29-40(30-27-35)49(38-14-6-4-7-15-38)39-16-8-5-9-17-39/h4-33H,3H2,1-2H3. The van der Waals surface area contributed by atoms with Crippen LogP contribution < -0.4 is 4.90 Å². The number of aromatic nitrogens is 1. The summed E-state index contributed by atoms with van der Waals surface area (Å²) in [7, 11) is 0. The molecule has 0 amide bonds. The topological polar surface area (TPSA) is 29.3 Å². The quantitative estimate of drug-likeness (QED) is 0.156. The molecular formula is C47H38N2O. The Bertz CT molecular complexity index is 2320. The van der Waals surface area contributed by atoms with Crippen LogP contribution in [0.4, 0.5) is 17.1 Å². The highest BCUT2D eigenvalue weighted by atomic mass is 16.3. The average molecular weight is 647 g/mol. The zero-order valence-electron chi connectivity index (χ0n) is 28.3. The van der Waals surface area contributed by atoms with E-state index in [9.17, 15) is 0 Å². The Morgan fingerprint density at radius 2 is 0.960 bits per heavy atom. The first-order chi connectivity index (χ1) is 24.7. The molecule has 0 aliphatic heterocycles. The summed E-state index contributed by atoms with van der Waals surface area (Å²) in [5, 5.41) is 0. The summed E-state index contributed by atoms with van der Waals surface area (Å²) in [6.07, 6.45) is 1.09. The third kappa shape index (κ3) is 6.10. The third-order valence-corrected chi connectivity index (χ3v) is 9.65. The molecule has 1 unspecified atom stereocenters. The molecular weight excluding hydrogens is 609 g/mol. The summed E-state index contributed by atoms with van der Waals surface area (Å²) in [5.74, 6) is 1.13. The Kier molecular flexibility index (Phi) is 8.54. The van der Waals surface area contributed by atoms with Crippen LogP contribution in [0.15, 0.2) is 180 Å². The fourth-order valence-corrected chi connectivity index (χ4v) is 6.73. The minimum Gasteiger partial charge on any atom is -0.436 e. The molecule has 50 heavy (non-hydrogen) atoms. The van der Waals surface area contributed by atoms with Gasteiger partial charge in [0.15, 0.2) is 5.58 Å². The molecule has 242 valence electrons. The first kappa shape index (κ1) is 31.1. The highest BCUT2D eigenvalue weighted by molar-refractivity contribution is 5.92. The van der Waals surface area contributed by atoms with Gasteiger partial charge in [0.05, 0.1) is 0 Å². The second kappa shape index (κ2) is 13.7. The molecule has 3 nitrogen and oxygen atoms in total. The predicted octanol–water partition coefficient (Wildman–Crippen LogP) is 13.5. The SMILES string of the molecule is CCC(C)c1ccc2nc(-c3ccc(-c4ccccc4-c4ccccc4-c4ccc(N(c5ccccc5)c5ccccc5)cc4)cc3)oc2c1. The second-order valence-corrected chi connectivity index (χ2v) is 12.8. The van der Waals surface area contributed by atoms with Gasteiger partial charge < -0.3 is 9.32 Å². The fraction of sp³-hybridized carbons (Fsp3) is 0.0851. The van der Waals surface area contributed by atoms with Crippen LogP contribution in [0.25, 0.3) is 55.9 Å². The van der Waals surface area contributed by atoms with Gasteiger partial charge in [0, 0.05) is 22.6 Å². The van der Waals surface area contributed by atoms with Gasteiger partial charge in [-0.1, -0.05) is 129 Å². The zero-order valence-corrected chi connectivity index (χ0v) is 28.3. The molecule has 8 aromatic rings. The summed E-state index contributed by atoms with van der Waals surface area (Å²) in [6.45, 7) is 4.46. The molecule has 0 aliphatic carbocycles. The van der Waals surface area contributed by atoms with E-state index in [1.54, 1.807) is 0 Å². The number of oxazole rings is 1. The van der Waals surface area contributed by atoms with Gasteiger partial charge in [-0.3, -0.25) is 0 Å². The lowest BCUT2D eigenvalue weighted by Crippen LogP contribution is -2.09. The van der Waals surface area contributed by atoms with Crippen LogP contribution >= 0.6 is 0 Å². The Morgan fingerprint density at radius 3 is 1.50 bits per heavy atom. The predicted molar refractivity (Wildman–Crippen MR) is 209 cm³/mol. The number of fused-ring (bicyclic) bond motifs is 1. The molecule has 0 aliphatic rings. The summed E-state index contributed by atoms with van der Waals surface area (Å²) >= 11 is 0. The number of hydrogen-bond donors (Lipinski definition) is 0. The molecule has 1 heterocycles. The number of benzene rings is 7. The number of rotatable bonds is 9. The van der Waals surface area contributed by atoms with Crippen LogP contribution in [0.5, 0.6) is 0 Å². The molecule has 0 saturated heterocycles. The third-order valence-electron chi connectivity index (χ3n) is 9.65. The summed E-state index contributed by atoms with van der Waals surface area (Å²) < 4.78 is 6.25. The van der Waals surface area contributed by atoms with E-state index in [1.807, 2.05) is 0 Å². The second-order valence-electron chi connectivity index (χ2n) is 12.8. The van der Waals surface area contributed by atoms with Crippen LogP contribution in [0.2, 0.25) is 0 Å². The van der Waals surface area contributed by atoms with Gasteiger partial charge in [-0.05, 0) is 112 Å². The van der Waals surface area contributed by atoms with Crippen molar-refractivity contribution in [2.75, 3.05) is 4.90 Å². The minimum absolute atomic E-state index is 0.487. The fourth-order valence-electron chi connectivity index (χ4n) is 6.73. The zero-order chi connectivity index (χ0) is 33.9. The Morgan fingerprint density at radius 1 is 0.500 bits per heavy atom. The van der Waals surface area contributed by atoms with E-state index in [4.69, 9.17) is 9.40 Å². The lowest BCUT2D eigenvalue weighted by molar-refractivity contribution is 0.618. The molecule has 1 aromatic heterocycles. The van der Waals surface area contributed by atoms with Crippen molar-refractivity contribution >= 4 is 28.2 Å². The molecule has 3 heteroatoms. The summed E-state index contributed by atoms with van der Waals surface area (Å²) in [5.41, 5.74) is 14.4. The number of para-hydroxylation sites is 2. The number of nitrogens with zero attached hydrogens (tertiary/aromatic N) is 2. The average Bonchev–Trinajstić information content (AvgIpc) is 3.63. The highest BCUT2D eigenvalue weighted by Crippen LogP contribution is 2.40. The normalized spacial score (nSPS) is 11.8. The molecule has 0 saturated carbocycles. The monoisotopic (exact) mass is 646 g/mol. The first-order valence-electron chi connectivity index (χ1n) is 17.4. The van der Waals surface area contributed by atoms with Gasteiger partial charge in [-0.15, -0.1) is 0 Å². The molecule has 8 rings (SSSR count). The van der Waals surface area contributed by atoms with Gasteiger partial charge in [0.25, 0.3) is 0 Å². The smallest absolute Gasteiger partial charge is 0.227 e. The molecule has 0 bridgehead atoms. The Balaban J connectivity index is 1.11. The van der Waals surface area contributed by atoms with Crippen LogP contribution in [0.1, 0.15) is 31.7 Å². The largest absolute Gasteiger partial charge is 0.436 e. The minimum atomic E-state index is 0.487. The maximum absolute atomic E-state index is 6.25. The van der Waals surface area contributed by atoms with Gasteiger partial charge in [-0.25, -0.2) is 4.98 Å². The maximum Gasteiger partial charge on any atom is 0.227 e. The van der Waals surface area contributed by atoms with Crippen molar-refractivity contribution in [3.63, 3.8) is 0 Å². The molecule has 0 fully saturated rings. The molecule has 0 N–H and O–H groups in total. The van der Waals surface area contributed by atoms with E-state index >= 15 is 0 Å². The van der Waals surface area contributed by atoms with Crippen LogP contribution in [-0.4, -0.2) is 4.98 Å². The molecule has 0 spiro atoms. The highest BCUT2D eigenvalue weighted by Gasteiger charge is 2.16. The van der Waals surface area contributed by atoms with E-state index < -0.39 is 0 Å². The van der Waals surface area contributed by atoms with Gasteiger partial charge in [-0.2, -0.15) is 0 Å². The lowest BCUT2D eigenvalue weighted by atomic mass is 9.89. The van der Waals surface area contributed by atoms with Crippen LogP contribution in [0, 0.1) is 0 Å². The number of anilines is 3. The summed E-state index contributed by atoms with van der Waals surface area (Å²) in [4.78, 5) is 7.09. The number of hydrogen-bond acceptors (Lipinski definition) is 3. The van der Waals surface area contributed by atoms with Crippen molar-refractivity contribution in [1.29, 1.82) is 0 Å². The molecule has 1 atom stereocenters. The molecule has 0 radical (unpaired) electrons. The van der Waals surface area contributed by atoms with Crippen molar-refractivity contribution in [3.8, 4) is 44.8 Å². The van der Waals surface area contributed by atoms with Crippen LogP contribution in [0.3, 0.4) is 0 Å². The Labute approximate surface area is 294 Å². The van der Waals surface area contributed by atoms with E-state index in [0.717, 1.165) is 45.7 Å². The van der Waals surface area contributed by atoms with E-state index in [0.29, 0.717) is 11.8 Å². The van der Waals surface area contributed by atoms with E-state index in [1.165, 1.54) is 33.4 Å². The lowest BCUT2D eigenvalue weighted by Gasteiger charge is -2.25. The van der Waals surface area contributed by atoms with Crippen molar-refractivity contribution in [1.82, 2.24) is 4.98 Å². The van der Waals surface area contributed by atoms with Crippen molar-refractivity contribution in [2.24, 2.45) is 0 Å². The first-order valence-corrected chi connectivity index (χ1v) is 17.4. The summed E-state index contributed by atoms with van der Waals surface area (Å²) in [6, 6.07) is 62.2. The van der Waals surface area contributed by atoms with Gasteiger partial charge in [0.1, 0.15) is 5.52 Å². The van der Waals surface area contributed by atoms with Crippen LogP contribution in [-0.2, 0) is 0 Å². The van der Waals surface area contributed by atoms with Crippen molar-refractivity contribution < 1.29 is 4.42 Å². The maximum atomic E-state index is 6.25. The van der Waals surface area contributed by atoms with E-state index in [2.05, 4.69) is 195 Å². The Hall–Kier alpha value is -6.19. The van der Waals surface area contributed by atoms with E-state index in [-0.39, 0.29) is 0 Å². The molecule has 7 aromatic carbocycles. The van der Waals surface area contributed by atoms with Crippen molar-refractivity contribution in [3.05, 3.63) is 181 Å². The van der Waals surface area contributed by atoms with Crippen molar-refractivity contribution in [2.45, 2.75) is 26.2 Å². The van der Waals surface area contributed by atoms with Gasteiger partial charge in [0.2, 0.25) is 5.89 Å². The van der Waals surface area contributed by atoms with Gasteiger partial charge >= 0.3 is 0 Å².